The van der Waals surface area contributed by atoms with Crippen molar-refractivity contribution in [1.29, 1.82) is 0 Å². The Hall–Kier alpha value is -3.40. The predicted molar refractivity (Wildman–Crippen MR) is 133 cm³/mol. The van der Waals surface area contributed by atoms with Crippen molar-refractivity contribution in [2.24, 2.45) is 0 Å². The van der Waals surface area contributed by atoms with Crippen molar-refractivity contribution in [2.75, 3.05) is 47.2 Å². The summed E-state index contributed by atoms with van der Waals surface area (Å²) in [5.41, 5.74) is 5.53. The fraction of sp³-hybridized carbons (Fsp3) is 0.280. The maximum atomic E-state index is 12.3. The van der Waals surface area contributed by atoms with Gasteiger partial charge in [0.1, 0.15) is 5.75 Å². The second kappa shape index (κ2) is 10.1. The molecule has 3 aromatic rings. The molecule has 4 rings (SSSR count). The van der Waals surface area contributed by atoms with E-state index in [0.717, 1.165) is 33.8 Å². The van der Waals surface area contributed by atoms with Gasteiger partial charge in [0.25, 0.3) is 0 Å². The maximum Gasteiger partial charge on any atom is 0.573 e. The van der Waals surface area contributed by atoms with Crippen LogP contribution in [0, 0.1) is 0 Å². The summed E-state index contributed by atoms with van der Waals surface area (Å²) in [7, 11) is -1.13. The number of rotatable bonds is 7. The van der Waals surface area contributed by atoms with Gasteiger partial charge in [0.2, 0.25) is 0 Å². The molecule has 6 nitrogen and oxygen atoms in total. The number of hydrogen-bond donors (Lipinski definition) is 2. The third-order valence-corrected chi connectivity index (χ3v) is 7.43. The van der Waals surface area contributed by atoms with Crippen molar-refractivity contribution in [1.82, 2.24) is 0 Å². The van der Waals surface area contributed by atoms with Gasteiger partial charge in [0.05, 0.1) is 22.9 Å². The first-order valence-electron chi connectivity index (χ1n) is 11.1. The van der Waals surface area contributed by atoms with E-state index in [0.29, 0.717) is 19.6 Å². The summed E-state index contributed by atoms with van der Waals surface area (Å²) in [5.74, 6) is 0.0778. The lowest BCUT2D eigenvalue weighted by Crippen LogP contribution is -2.40. The van der Waals surface area contributed by atoms with E-state index in [2.05, 4.69) is 26.3 Å². The van der Waals surface area contributed by atoms with E-state index in [-0.39, 0.29) is 17.3 Å². The van der Waals surface area contributed by atoms with E-state index in [9.17, 15) is 21.6 Å². The van der Waals surface area contributed by atoms with Gasteiger partial charge in [-0.1, -0.05) is 30.3 Å². The number of alkyl halides is 3. The van der Waals surface area contributed by atoms with Crippen LogP contribution < -0.4 is 20.3 Å². The number of halogens is 3. The van der Waals surface area contributed by atoms with E-state index in [1.165, 1.54) is 12.1 Å². The molecule has 1 saturated heterocycles. The zero-order valence-corrected chi connectivity index (χ0v) is 19.9. The van der Waals surface area contributed by atoms with Crippen LogP contribution in [-0.4, -0.2) is 46.4 Å². The van der Waals surface area contributed by atoms with Gasteiger partial charge < -0.3 is 20.3 Å². The molecule has 0 unspecified atom stereocenters. The van der Waals surface area contributed by atoms with E-state index in [1.807, 2.05) is 43.4 Å². The zero-order valence-electron chi connectivity index (χ0n) is 19.1. The minimum atomic E-state index is -4.71. The highest BCUT2D eigenvalue weighted by Crippen LogP contribution is 2.32. The first-order valence-corrected chi connectivity index (χ1v) is 12.9. The van der Waals surface area contributed by atoms with Crippen LogP contribution in [-0.2, 0) is 16.4 Å². The van der Waals surface area contributed by atoms with E-state index in [4.69, 9.17) is 0 Å². The zero-order chi connectivity index (χ0) is 25.1. The lowest BCUT2D eigenvalue weighted by molar-refractivity contribution is -0.274. The lowest BCUT2D eigenvalue weighted by Gasteiger charge is -2.29. The molecule has 0 aliphatic carbocycles. The number of nitrogens with one attached hydrogen (secondary N) is 2. The standard InChI is InChI=1S/C25H26F3N3O3S/c1-29-24-16-20(19-3-2-4-21(15-19)31-11-13-35(32,33)14-12-31)7-10-23(24)30-17-18-5-8-22(9-6-18)34-25(26,27)28/h2-10,15-16,29-30H,11-14,17H2,1H3. The van der Waals surface area contributed by atoms with Gasteiger partial charge in [-0.05, 0) is 53.1 Å². The van der Waals surface area contributed by atoms with Crippen molar-refractivity contribution in [2.45, 2.75) is 12.9 Å². The smallest absolute Gasteiger partial charge is 0.406 e. The van der Waals surface area contributed by atoms with E-state index in [1.54, 1.807) is 12.1 Å². The monoisotopic (exact) mass is 505 g/mol. The summed E-state index contributed by atoms with van der Waals surface area (Å²) >= 11 is 0. The average molecular weight is 506 g/mol. The Bertz CT molecular complexity index is 1270. The fourth-order valence-corrected chi connectivity index (χ4v) is 5.15. The first kappa shape index (κ1) is 24.7. The summed E-state index contributed by atoms with van der Waals surface area (Å²) in [6.45, 7) is 1.40. The Balaban J connectivity index is 1.45. The third kappa shape index (κ3) is 6.60. The van der Waals surface area contributed by atoms with Gasteiger partial charge in [0.15, 0.2) is 9.84 Å². The Morgan fingerprint density at radius 2 is 1.60 bits per heavy atom. The summed E-state index contributed by atoms with van der Waals surface area (Å²) in [5, 5.41) is 6.49. The molecule has 0 atom stereocenters. The Morgan fingerprint density at radius 3 is 2.26 bits per heavy atom. The van der Waals surface area contributed by atoms with Gasteiger partial charge in [-0.25, -0.2) is 8.42 Å². The molecule has 2 N–H and O–H groups in total. The largest absolute Gasteiger partial charge is 0.573 e. The van der Waals surface area contributed by atoms with Gasteiger partial charge in [-0.15, -0.1) is 13.2 Å². The van der Waals surface area contributed by atoms with Crippen LogP contribution in [0.3, 0.4) is 0 Å². The second-order valence-electron chi connectivity index (χ2n) is 8.24. The van der Waals surface area contributed by atoms with Crippen LogP contribution in [0.5, 0.6) is 5.75 Å². The van der Waals surface area contributed by atoms with Crippen LogP contribution in [0.1, 0.15) is 5.56 Å². The van der Waals surface area contributed by atoms with Crippen molar-refractivity contribution < 1.29 is 26.3 Å². The van der Waals surface area contributed by atoms with Gasteiger partial charge in [0, 0.05) is 32.4 Å². The number of hydrogen-bond acceptors (Lipinski definition) is 6. The van der Waals surface area contributed by atoms with Crippen molar-refractivity contribution in [3.8, 4) is 16.9 Å². The number of ether oxygens (including phenoxy) is 1. The van der Waals surface area contributed by atoms with E-state index >= 15 is 0 Å². The summed E-state index contributed by atoms with van der Waals surface area (Å²) < 4.78 is 64.4. The van der Waals surface area contributed by atoms with Crippen LogP contribution in [0.2, 0.25) is 0 Å². The highest BCUT2D eigenvalue weighted by atomic mass is 32.2. The van der Waals surface area contributed by atoms with Crippen LogP contribution in [0.25, 0.3) is 11.1 Å². The van der Waals surface area contributed by atoms with Gasteiger partial charge >= 0.3 is 6.36 Å². The molecule has 0 amide bonds. The minimum Gasteiger partial charge on any atom is -0.406 e. The Kier molecular flexibility index (Phi) is 7.11. The van der Waals surface area contributed by atoms with Gasteiger partial charge in [-0.2, -0.15) is 0 Å². The lowest BCUT2D eigenvalue weighted by atomic mass is 10.0. The SMILES string of the molecule is CNc1cc(-c2cccc(N3CCS(=O)(=O)CC3)c2)ccc1NCc1ccc(OC(F)(F)F)cc1. The van der Waals surface area contributed by atoms with Crippen LogP contribution in [0.4, 0.5) is 30.2 Å². The first-order chi connectivity index (χ1) is 16.6. The number of sulfone groups is 1. The van der Waals surface area contributed by atoms with Crippen LogP contribution >= 0.6 is 0 Å². The second-order valence-corrected chi connectivity index (χ2v) is 10.5. The molecule has 0 spiro atoms. The molecule has 1 aliphatic heterocycles. The number of anilines is 3. The molecule has 1 aliphatic rings. The molecule has 0 bridgehead atoms. The third-order valence-electron chi connectivity index (χ3n) is 5.82. The maximum absolute atomic E-state index is 12.3. The molecule has 10 heteroatoms. The van der Waals surface area contributed by atoms with Gasteiger partial charge in [-0.3, -0.25) is 0 Å². The van der Waals surface area contributed by atoms with Crippen molar-refractivity contribution >= 4 is 26.9 Å². The topological polar surface area (TPSA) is 70.7 Å². The molecular weight excluding hydrogens is 479 g/mol. The molecule has 3 aromatic carbocycles. The molecule has 35 heavy (non-hydrogen) atoms. The summed E-state index contributed by atoms with van der Waals surface area (Å²) in [6.07, 6.45) is -4.71. The molecule has 0 saturated carbocycles. The molecule has 1 fully saturated rings. The van der Waals surface area contributed by atoms with E-state index < -0.39 is 16.2 Å². The fourth-order valence-electron chi connectivity index (χ4n) is 3.94. The predicted octanol–water partition coefficient (Wildman–Crippen LogP) is 5.14. The average Bonchev–Trinajstić information content (AvgIpc) is 2.82. The summed E-state index contributed by atoms with van der Waals surface area (Å²) in [6, 6.07) is 19.7. The molecule has 186 valence electrons. The normalized spacial score (nSPS) is 15.5. The molecule has 0 radical (unpaired) electrons. The highest BCUT2D eigenvalue weighted by molar-refractivity contribution is 7.91. The minimum absolute atomic E-state index is 0.166. The Morgan fingerprint density at radius 1 is 0.914 bits per heavy atom. The molecule has 0 aromatic heterocycles. The molecular formula is C25H26F3N3O3S. The quantitative estimate of drug-likeness (QED) is 0.463. The van der Waals surface area contributed by atoms with Crippen molar-refractivity contribution in [3.63, 3.8) is 0 Å². The number of nitrogens with zero attached hydrogens (tertiary/aromatic N) is 1. The van der Waals surface area contributed by atoms with Crippen molar-refractivity contribution in [3.05, 3.63) is 72.3 Å². The molecule has 1 heterocycles. The van der Waals surface area contributed by atoms with Crippen LogP contribution in [0.15, 0.2) is 66.7 Å². The Labute approximate surface area is 202 Å². The summed E-state index contributed by atoms with van der Waals surface area (Å²) in [4.78, 5) is 2.09. The highest BCUT2D eigenvalue weighted by Gasteiger charge is 2.31. The number of benzene rings is 3.